The Morgan fingerprint density at radius 1 is 1.44 bits per heavy atom. The second kappa shape index (κ2) is 6.27. The van der Waals surface area contributed by atoms with Gasteiger partial charge in [-0.05, 0) is 31.0 Å². The van der Waals surface area contributed by atoms with E-state index in [2.05, 4.69) is 5.32 Å². The zero-order chi connectivity index (χ0) is 13.0. The summed E-state index contributed by atoms with van der Waals surface area (Å²) < 4.78 is 24.0. The van der Waals surface area contributed by atoms with Crippen molar-refractivity contribution in [1.29, 1.82) is 0 Å². The molecule has 3 unspecified atom stereocenters. The van der Waals surface area contributed by atoms with Crippen molar-refractivity contribution in [2.24, 2.45) is 0 Å². The number of nitrogens with one attached hydrogen (secondary N) is 1. The maximum absolute atomic E-state index is 13.0. The fourth-order valence-electron chi connectivity index (χ4n) is 2.37. The largest absolute Gasteiger partial charge is 0.377 e. The summed E-state index contributed by atoms with van der Waals surface area (Å²) in [6.07, 6.45) is 1.23. The number of ether oxygens (including phenoxy) is 2. The van der Waals surface area contributed by atoms with Crippen LogP contribution in [0.2, 0.25) is 0 Å². The third-order valence-corrected chi connectivity index (χ3v) is 3.36. The van der Waals surface area contributed by atoms with Crippen molar-refractivity contribution in [2.75, 3.05) is 13.7 Å². The van der Waals surface area contributed by atoms with E-state index in [1.807, 2.05) is 13.0 Å². The number of hydrogen-bond donors (Lipinski definition) is 1. The summed E-state index contributed by atoms with van der Waals surface area (Å²) in [7, 11) is 1.70. The summed E-state index contributed by atoms with van der Waals surface area (Å²) in [6.45, 7) is 3.35. The predicted octanol–water partition coefficient (Wildman–Crippen LogP) is 2.11. The fourth-order valence-corrected chi connectivity index (χ4v) is 2.37. The quantitative estimate of drug-likeness (QED) is 0.842. The SMILES string of the molecule is CCOC1CC(NCc2cccc(F)c2)C1OC. The summed E-state index contributed by atoms with van der Waals surface area (Å²) in [5.74, 6) is -0.196. The van der Waals surface area contributed by atoms with Crippen LogP contribution < -0.4 is 5.32 Å². The van der Waals surface area contributed by atoms with Gasteiger partial charge in [-0.3, -0.25) is 0 Å². The molecule has 18 heavy (non-hydrogen) atoms. The smallest absolute Gasteiger partial charge is 0.123 e. The first kappa shape index (κ1) is 13.5. The summed E-state index contributed by atoms with van der Waals surface area (Å²) in [6, 6.07) is 6.93. The van der Waals surface area contributed by atoms with Crippen molar-refractivity contribution in [1.82, 2.24) is 5.32 Å². The van der Waals surface area contributed by atoms with Gasteiger partial charge >= 0.3 is 0 Å². The lowest BCUT2D eigenvalue weighted by molar-refractivity contribution is -0.131. The van der Waals surface area contributed by atoms with Gasteiger partial charge in [0.05, 0.1) is 12.2 Å². The summed E-state index contributed by atoms with van der Waals surface area (Å²) in [5, 5.41) is 3.38. The van der Waals surface area contributed by atoms with E-state index >= 15 is 0 Å². The number of halogens is 1. The molecule has 0 aliphatic heterocycles. The van der Waals surface area contributed by atoms with Crippen molar-refractivity contribution in [3.05, 3.63) is 35.6 Å². The molecule has 0 aromatic heterocycles. The first-order valence-electron chi connectivity index (χ1n) is 6.36. The van der Waals surface area contributed by atoms with Gasteiger partial charge in [-0.15, -0.1) is 0 Å². The minimum absolute atomic E-state index is 0.0958. The zero-order valence-electron chi connectivity index (χ0n) is 10.9. The van der Waals surface area contributed by atoms with E-state index in [-0.39, 0.29) is 24.1 Å². The molecule has 1 aromatic carbocycles. The molecule has 1 aliphatic rings. The zero-order valence-corrected chi connectivity index (χ0v) is 10.9. The molecule has 0 amide bonds. The van der Waals surface area contributed by atoms with E-state index in [1.54, 1.807) is 19.2 Å². The van der Waals surface area contributed by atoms with Crippen LogP contribution in [0.25, 0.3) is 0 Å². The maximum atomic E-state index is 13.0. The van der Waals surface area contributed by atoms with Gasteiger partial charge in [0.2, 0.25) is 0 Å². The third-order valence-electron chi connectivity index (χ3n) is 3.36. The molecule has 2 rings (SSSR count). The van der Waals surface area contributed by atoms with Crippen LogP contribution in [0.4, 0.5) is 4.39 Å². The molecule has 0 heterocycles. The van der Waals surface area contributed by atoms with Gasteiger partial charge in [0.15, 0.2) is 0 Å². The Bertz CT molecular complexity index is 386. The molecule has 0 spiro atoms. The van der Waals surface area contributed by atoms with Gasteiger partial charge in [0.1, 0.15) is 5.82 Å². The average molecular weight is 253 g/mol. The number of rotatable bonds is 6. The standard InChI is InChI=1S/C14H20FNO2/c1-3-18-13-8-12(14(13)17-2)16-9-10-5-4-6-11(15)7-10/h4-7,12-14,16H,3,8-9H2,1-2H3. The fraction of sp³-hybridized carbons (Fsp3) is 0.571. The van der Waals surface area contributed by atoms with E-state index in [0.717, 1.165) is 12.0 Å². The molecule has 1 aromatic rings. The Hall–Kier alpha value is -0.970. The molecule has 4 heteroatoms. The van der Waals surface area contributed by atoms with Crippen LogP contribution in [0.15, 0.2) is 24.3 Å². The molecule has 100 valence electrons. The van der Waals surface area contributed by atoms with Gasteiger partial charge in [-0.2, -0.15) is 0 Å². The minimum Gasteiger partial charge on any atom is -0.377 e. The molecular weight excluding hydrogens is 233 g/mol. The van der Waals surface area contributed by atoms with Crippen LogP contribution in [0, 0.1) is 5.82 Å². The maximum Gasteiger partial charge on any atom is 0.123 e. The summed E-state index contributed by atoms with van der Waals surface area (Å²) >= 11 is 0. The number of hydrogen-bond acceptors (Lipinski definition) is 3. The first-order valence-corrected chi connectivity index (χ1v) is 6.36. The van der Waals surface area contributed by atoms with E-state index in [1.165, 1.54) is 6.07 Å². The van der Waals surface area contributed by atoms with Gasteiger partial charge in [0.25, 0.3) is 0 Å². The Kier molecular flexibility index (Phi) is 4.69. The first-order chi connectivity index (χ1) is 8.74. The summed E-state index contributed by atoms with van der Waals surface area (Å²) in [4.78, 5) is 0. The van der Waals surface area contributed by atoms with E-state index in [4.69, 9.17) is 9.47 Å². The molecule has 1 aliphatic carbocycles. The topological polar surface area (TPSA) is 30.5 Å². The van der Waals surface area contributed by atoms with Crippen LogP contribution in [0.5, 0.6) is 0 Å². The van der Waals surface area contributed by atoms with Crippen LogP contribution in [0.1, 0.15) is 18.9 Å². The van der Waals surface area contributed by atoms with E-state index in [0.29, 0.717) is 13.2 Å². The lowest BCUT2D eigenvalue weighted by atomic mass is 9.85. The van der Waals surface area contributed by atoms with Crippen LogP contribution in [-0.4, -0.2) is 32.0 Å². The van der Waals surface area contributed by atoms with Gasteiger partial charge in [0, 0.05) is 26.3 Å². The van der Waals surface area contributed by atoms with Crippen LogP contribution >= 0.6 is 0 Å². The lowest BCUT2D eigenvalue weighted by Gasteiger charge is -2.43. The van der Waals surface area contributed by atoms with Crippen molar-refractivity contribution in [3.63, 3.8) is 0 Å². The number of benzene rings is 1. The van der Waals surface area contributed by atoms with Crippen LogP contribution in [0.3, 0.4) is 0 Å². The molecule has 1 fully saturated rings. The molecule has 1 saturated carbocycles. The summed E-state index contributed by atoms with van der Waals surface area (Å²) in [5.41, 5.74) is 0.949. The minimum atomic E-state index is -0.196. The van der Waals surface area contributed by atoms with E-state index in [9.17, 15) is 4.39 Å². The highest BCUT2D eigenvalue weighted by molar-refractivity contribution is 5.16. The second-order valence-corrected chi connectivity index (χ2v) is 4.55. The van der Waals surface area contributed by atoms with E-state index < -0.39 is 0 Å². The molecule has 1 N–H and O–H groups in total. The van der Waals surface area contributed by atoms with Gasteiger partial charge < -0.3 is 14.8 Å². The Labute approximate surface area is 107 Å². The highest BCUT2D eigenvalue weighted by atomic mass is 19.1. The van der Waals surface area contributed by atoms with Crippen LogP contribution in [-0.2, 0) is 16.0 Å². The monoisotopic (exact) mass is 253 g/mol. The Morgan fingerprint density at radius 2 is 2.28 bits per heavy atom. The number of methoxy groups -OCH3 is 1. The molecule has 3 nitrogen and oxygen atoms in total. The highest BCUT2D eigenvalue weighted by Gasteiger charge is 2.41. The molecule has 0 bridgehead atoms. The second-order valence-electron chi connectivity index (χ2n) is 4.55. The predicted molar refractivity (Wildman–Crippen MR) is 67.9 cm³/mol. The van der Waals surface area contributed by atoms with Gasteiger partial charge in [-0.1, -0.05) is 12.1 Å². The molecule has 0 radical (unpaired) electrons. The lowest BCUT2D eigenvalue weighted by Crippen LogP contribution is -2.59. The third kappa shape index (κ3) is 3.07. The molecule has 3 atom stereocenters. The molecular formula is C14H20FNO2. The molecule has 0 saturated heterocycles. The average Bonchev–Trinajstić information content (AvgIpc) is 2.33. The Morgan fingerprint density at radius 3 is 2.94 bits per heavy atom. The van der Waals surface area contributed by atoms with Gasteiger partial charge in [-0.25, -0.2) is 4.39 Å². The normalized spacial score (nSPS) is 26.9. The van der Waals surface area contributed by atoms with Crippen molar-refractivity contribution < 1.29 is 13.9 Å². The Balaban J connectivity index is 1.81. The van der Waals surface area contributed by atoms with Crippen molar-refractivity contribution in [3.8, 4) is 0 Å². The van der Waals surface area contributed by atoms with Crippen molar-refractivity contribution >= 4 is 0 Å². The van der Waals surface area contributed by atoms with Crippen molar-refractivity contribution in [2.45, 2.75) is 38.1 Å². The highest BCUT2D eigenvalue weighted by Crippen LogP contribution is 2.27.